The number of nitrogens with one attached hydrogen (secondary N) is 2. The number of rotatable bonds is 13. The normalized spacial score (nSPS) is 12.9. The van der Waals surface area contributed by atoms with E-state index in [9.17, 15) is 19.5 Å². The minimum Gasteiger partial charge on any atom is -0.391 e. The molecule has 0 fully saturated rings. The third kappa shape index (κ3) is 9.00. The molecule has 6 nitrogen and oxygen atoms in total. The number of amides is 2. The van der Waals surface area contributed by atoms with Crippen LogP contribution in [-0.4, -0.2) is 35.9 Å². The number of aliphatic hydroxyl groups is 1. The summed E-state index contributed by atoms with van der Waals surface area (Å²) in [7, 11) is 0. The molecule has 0 aliphatic carbocycles. The molecule has 0 bridgehead atoms. The second kappa shape index (κ2) is 12.2. The van der Waals surface area contributed by atoms with Gasteiger partial charge < -0.3 is 15.7 Å². The van der Waals surface area contributed by atoms with Crippen LogP contribution in [0.4, 0.5) is 0 Å². The van der Waals surface area contributed by atoms with Gasteiger partial charge >= 0.3 is 0 Å². The fourth-order valence-electron chi connectivity index (χ4n) is 2.68. The van der Waals surface area contributed by atoms with Gasteiger partial charge in [-0.05, 0) is 18.4 Å². The smallest absolute Gasteiger partial charge is 0.220 e. The van der Waals surface area contributed by atoms with Crippen LogP contribution in [0, 0.1) is 5.92 Å². The lowest BCUT2D eigenvalue weighted by Gasteiger charge is -2.18. The predicted octanol–water partition coefficient (Wildman–Crippen LogP) is 1.57. The number of Topliss-reactive ketones (excluding diaryl/α,β-unsaturated/α-hetero) is 1. The molecule has 0 aromatic heterocycles. The fraction of sp³-hybridized carbons (Fsp3) is 0.526. The van der Waals surface area contributed by atoms with E-state index in [2.05, 4.69) is 10.6 Å². The largest absolute Gasteiger partial charge is 0.391 e. The van der Waals surface area contributed by atoms with E-state index >= 15 is 0 Å². The summed E-state index contributed by atoms with van der Waals surface area (Å²) in [5, 5.41) is 15.1. The predicted molar refractivity (Wildman–Crippen MR) is 95.6 cm³/mol. The van der Waals surface area contributed by atoms with E-state index in [4.69, 9.17) is 0 Å². The molecule has 0 saturated heterocycles. The average molecular weight is 348 g/mol. The SMILES string of the molecule is CCCC(CC(O)CNC=O)C(=O)CCC(=O)NCc1ccccc1. The van der Waals surface area contributed by atoms with Gasteiger partial charge in [0.15, 0.2) is 0 Å². The first-order valence-electron chi connectivity index (χ1n) is 8.75. The Morgan fingerprint density at radius 2 is 1.92 bits per heavy atom. The topological polar surface area (TPSA) is 95.5 Å². The highest BCUT2D eigenvalue weighted by Gasteiger charge is 2.21. The number of hydrogen-bond donors (Lipinski definition) is 3. The van der Waals surface area contributed by atoms with Crippen molar-refractivity contribution in [1.29, 1.82) is 0 Å². The van der Waals surface area contributed by atoms with E-state index in [1.54, 1.807) is 0 Å². The zero-order chi connectivity index (χ0) is 18.5. The Kier molecular flexibility index (Phi) is 10.2. The van der Waals surface area contributed by atoms with Gasteiger partial charge in [-0.25, -0.2) is 0 Å². The number of carbonyl (C=O) groups excluding carboxylic acids is 3. The Hall–Kier alpha value is -2.21. The molecule has 2 atom stereocenters. The van der Waals surface area contributed by atoms with Gasteiger partial charge in [-0.15, -0.1) is 0 Å². The third-order valence-electron chi connectivity index (χ3n) is 4.02. The molecule has 0 heterocycles. The van der Waals surface area contributed by atoms with Gasteiger partial charge in [-0.1, -0.05) is 43.7 Å². The Bertz CT molecular complexity index is 533. The summed E-state index contributed by atoms with van der Waals surface area (Å²) in [6.45, 7) is 2.56. The molecule has 2 unspecified atom stereocenters. The van der Waals surface area contributed by atoms with Crippen molar-refractivity contribution < 1.29 is 19.5 Å². The van der Waals surface area contributed by atoms with E-state index in [0.29, 0.717) is 25.8 Å². The second-order valence-electron chi connectivity index (χ2n) is 6.13. The van der Waals surface area contributed by atoms with Crippen molar-refractivity contribution in [3.05, 3.63) is 35.9 Å². The highest BCUT2D eigenvalue weighted by atomic mass is 16.3. The molecule has 2 amide bonds. The highest BCUT2D eigenvalue weighted by Crippen LogP contribution is 2.17. The van der Waals surface area contributed by atoms with Crippen LogP contribution in [0.2, 0.25) is 0 Å². The monoisotopic (exact) mass is 348 g/mol. The van der Waals surface area contributed by atoms with E-state index in [1.165, 1.54) is 0 Å². The zero-order valence-corrected chi connectivity index (χ0v) is 14.7. The molecular weight excluding hydrogens is 320 g/mol. The maximum atomic E-state index is 12.3. The molecule has 1 aromatic rings. The first-order valence-corrected chi connectivity index (χ1v) is 8.75. The molecule has 25 heavy (non-hydrogen) atoms. The lowest BCUT2D eigenvalue weighted by molar-refractivity contribution is -0.128. The van der Waals surface area contributed by atoms with Crippen LogP contribution in [0.5, 0.6) is 0 Å². The summed E-state index contributed by atoms with van der Waals surface area (Å²) >= 11 is 0. The van der Waals surface area contributed by atoms with Crippen LogP contribution in [0.25, 0.3) is 0 Å². The van der Waals surface area contributed by atoms with Crippen molar-refractivity contribution in [3.63, 3.8) is 0 Å². The van der Waals surface area contributed by atoms with Gasteiger partial charge in [0.2, 0.25) is 12.3 Å². The molecule has 138 valence electrons. The van der Waals surface area contributed by atoms with Crippen molar-refractivity contribution >= 4 is 18.1 Å². The molecule has 0 aliphatic rings. The first kappa shape index (κ1) is 20.8. The first-order chi connectivity index (χ1) is 12.1. The number of ketones is 1. The summed E-state index contributed by atoms with van der Waals surface area (Å²) in [5.74, 6) is -0.451. The third-order valence-corrected chi connectivity index (χ3v) is 4.02. The molecule has 0 radical (unpaired) electrons. The lowest BCUT2D eigenvalue weighted by atomic mass is 9.90. The minimum atomic E-state index is -0.752. The Balaban J connectivity index is 2.37. The van der Waals surface area contributed by atoms with Gasteiger partial charge in [-0.3, -0.25) is 14.4 Å². The van der Waals surface area contributed by atoms with Gasteiger partial charge in [0.1, 0.15) is 5.78 Å². The van der Waals surface area contributed by atoms with Crippen molar-refractivity contribution in [2.45, 2.75) is 51.7 Å². The Labute approximate surface area is 149 Å². The highest BCUT2D eigenvalue weighted by molar-refractivity contribution is 5.86. The number of hydrogen-bond acceptors (Lipinski definition) is 4. The van der Waals surface area contributed by atoms with E-state index in [1.807, 2.05) is 37.3 Å². The summed E-state index contributed by atoms with van der Waals surface area (Å²) in [5.41, 5.74) is 1.01. The second-order valence-corrected chi connectivity index (χ2v) is 6.13. The summed E-state index contributed by atoms with van der Waals surface area (Å²) in [4.78, 5) is 34.5. The van der Waals surface area contributed by atoms with E-state index in [-0.39, 0.29) is 37.0 Å². The summed E-state index contributed by atoms with van der Waals surface area (Å²) in [6.07, 6.45) is 1.88. The Morgan fingerprint density at radius 3 is 2.56 bits per heavy atom. The number of carbonyl (C=O) groups is 3. The summed E-state index contributed by atoms with van der Waals surface area (Å²) < 4.78 is 0. The van der Waals surface area contributed by atoms with Crippen LogP contribution in [-0.2, 0) is 20.9 Å². The fourth-order valence-corrected chi connectivity index (χ4v) is 2.68. The molecule has 1 rings (SSSR count). The molecule has 1 aromatic carbocycles. The minimum absolute atomic E-state index is 0.0122. The molecule has 3 N–H and O–H groups in total. The summed E-state index contributed by atoms with van der Waals surface area (Å²) in [6, 6.07) is 9.59. The number of benzene rings is 1. The van der Waals surface area contributed by atoms with E-state index < -0.39 is 6.10 Å². The standard InChI is InChI=1S/C19H28N2O4/c1-2-6-16(11-17(23)13-20-14-22)18(24)9-10-19(25)21-12-15-7-4-3-5-8-15/h3-5,7-8,14,16-17,23H,2,6,9-13H2,1H3,(H,20,22)(H,21,25). The van der Waals surface area contributed by atoms with Crippen molar-refractivity contribution in [2.24, 2.45) is 5.92 Å². The van der Waals surface area contributed by atoms with Gasteiger partial charge in [0, 0.05) is 31.8 Å². The van der Waals surface area contributed by atoms with Crippen LogP contribution in [0.15, 0.2) is 30.3 Å². The van der Waals surface area contributed by atoms with Crippen molar-refractivity contribution in [2.75, 3.05) is 6.54 Å². The van der Waals surface area contributed by atoms with Gasteiger partial charge in [0.05, 0.1) is 6.10 Å². The average Bonchev–Trinajstić information content (AvgIpc) is 2.63. The van der Waals surface area contributed by atoms with Crippen molar-refractivity contribution in [1.82, 2.24) is 10.6 Å². The van der Waals surface area contributed by atoms with Crippen LogP contribution >= 0.6 is 0 Å². The Morgan fingerprint density at radius 1 is 1.20 bits per heavy atom. The molecule has 0 spiro atoms. The molecular formula is C19H28N2O4. The van der Waals surface area contributed by atoms with Crippen LogP contribution < -0.4 is 10.6 Å². The molecule has 6 heteroatoms. The lowest BCUT2D eigenvalue weighted by Crippen LogP contribution is -2.30. The van der Waals surface area contributed by atoms with Gasteiger partial charge in [0.25, 0.3) is 0 Å². The number of aliphatic hydroxyl groups excluding tert-OH is 1. The molecule has 0 aliphatic heterocycles. The molecule has 0 saturated carbocycles. The van der Waals surface area contributed by atoms with Crippen LogP contribution in [0.3, 0.4) is 0 Å². The zero-order valence-electron chi connectivity index (χ0n) is 14.7. The van der Waals surface area contributed by atoms with Crippen molar-refractivity contribution in [3.8, 4) is 0 Å². The van der Waals surface area contributed by atoms with Crippen LogP contribution in [0.1, 0.15) is 44.6 Å². The quantitative estimate of drug-likeness (QED) is 0.472. The van der Waals surface area contributed by atoms with E-state index in [0.717, 1.165) is 12.0 Å². The maximum absolute atomic E-state index is 12.3. The van der Waals surface area contributed by atoms with Gasteiger partial charge in [-0.2, -0.15) is 0 Å². The maximum Gasteiger partial charge on any atom is 0.220 e.